The van der Waals surface area contributed by atoms with Crippen LogP contribution < -0.4 is 69.3 Å². The van der Waals surface area contributed by atoms with E-state index in [1.807, 2.05) is 0 Å². The predicted octanol–water partition coefficient (Wildman–Crippen LogP) is 0.269. The van der Waals surface area contributed by atoms with E-state index in [9.17, 15) is 19.8 Å². The third-order valence-electron chi connectivity index (χ3n) is 6.28. The van der Waals surface area contributed by atoms with Gasteiger partial charge in [0.2, 0.25) is 0 Å². The van der Waals surface area contributed by atoms with Gasteiger partial charge in [-0.2, -0.15) is 0 Å². The number of allylic oxidation sites excluding steroid dienone is 1. The van der Waals surface area contributed by atoms with Gasteiger partial charge in [-0.25, -0.2) is 0 Å². The Balaban J connectivity index is -0.00000480. The molecule has 0 fully saturated rings. The number of carbonyl (C=O) groups is 2. The molecule has 4 nitrogen and oxygen atoms in total. The van der Waals surface area contributed by atoms with Gasteiger partial charge in [0.05, 0.1) is 0 Å². The number of carboxylic acids is 2. The van der Waals surface area contributed by atoms with Crippen molar-refractivity contribution in [3.05, 3.63) is 12.2 Å². The minimum absolute atomic E-state index is 0. The van der Waals surface area contributed by atoms with Crippen LogP contribution in [-0.4, -0.2) is 11.9 Å². The van der Waals surface area contributed by atoms with E-state index in [1.165, 1.54) is 122 Å². The van der Waals surface area contributed by atoms with Gasteiger partial charge in [0.15, 0.2) is 0 Å². The first kappa shape index (κ1) is 39.2. The van der Waals surface area contributed by atoms with Crippen LogP contribution in [0, 0.1) is 5.92 Å². The van der Waals surface area contributed by atoms with Crippen molar-refractivity contribution in [3.8, 4) is 0 Å². The van der Waals surface area contributed by atoms with Crippen molar-refractivity contribution in [1.82, 2.24) is 0 Å². The number of carbonyl (C=O) groups excluding carboxylic acids is 2. The Hall–Kier alpha value is 0.680. The summed E-state index contributed by atoms with van der Waals surface area (Å²) in [6.07, 6.45) is 30.5. The van der Waals surface area contributed by atoms with Crippen molar-refractivity contribution in [2.24, 2.45) is 5.92 Å². The van der Waals surface area contributed by atoms with Gasteiger partial charge in [0.1, 0.15) is 0 Å². The van der Waals surface area contributed by atoms with E-state index in [0.29, 0.717) is 0 Å². The molecule has 188 valence electrons. The topological polar surface area (TPSA) is 80.3 Å². The summed E-state index contributed by atoms with van der Waals surface area (Å²) in [5.74, 6) is -3.79. The molecule has 0 aliphatic heterocycles. The van der Waals surface area contributed by atoms with E-state index in [1.54, 1.807) is 6.08 Å². The number of hydrogen-bond acceptors (Lipinski definition) is 4. The fourth-order valence-electron chi connectivity index (χ4n) is 4.19. The second kappa shape index (κ2) is 31.7. The fourth-order valence-corrected chi connectivity index (χ4v) is 4.19. The first-order valence-corrected chi connectivity index (χ1v) is 13.6. The smallest absolute Gasteiger partial charge is 0.550 e. The molecule has 0 heterocycles. The van der Waals surface area contributed by atoms with Crippen LogP contribution in [0.15, 0.2) is 12.2 Å². The summed E-state index contributed by atoms with van der Waals surface area (Å²) in [5, 5.41) is 21.3. The molecule has 0 saturated carbocycles. The van der Waals surface area contributed by atoms with Crippen LogP contribution in [0.1, 0.15) is 148 Å². The molecule has 0 bridgehead atoms. The van der Waals surface area contributed by atoms with Crippen molar-refractivity contribution in [1.29, 1.82) is 0 Å². The molecule has 0 radical (unpaired) electrons. The molecule has 34 heavy (non-hydrogen) atoms. The summed E-state index contributed by atoms with van der Waals surface area (Å²) in [5.41, 5.74) is 0. The second-order valence-corrected chi connectivity index (χ2v) is 9.44. The Kier molecular flexibility index (Phi) is 36.6. The molecule has 6 heteroatoms. The molecule has 0 aromatic heterocycles. The quantitative estimate of drug-likeness (QED) is 0.103. The van der Waals surface area contributed by atoms with Crippen molar-refractivity contribution >= 4 is 11.9 Å². The van der Waals surface area contributed by atoms with Crippen LogP contribution in [0.4, 0.5) is 0 Å². The van der Waals surface area contributed by atoms with Gasteiger partial charge in [0.25, 0.3) is 0 Å². The van der Waals surface area contributed by atoms with Gasteiger partial charge < -0.3 is 19.8 Å². The van der Waals surface area contributed by atoms with E-state index < -0.39 is 24.3 Å². The number of rotatable bonds is 25. The number of aliphatic carboxylic acids is 2. The Labute approximate surface area is 255 Å². The maximum atomic E-state index is 10.8. The first-order chi connectivity index (χ1) is 15.6. The van der Waals surface area contributed by atoms with Crippen molar-refractivity contribution in [3.63, 3.8) is 0 Å². The van der Waals surface area contributed by atoms with Gasteiger partial charge >= 0.3 is 59.1 Å². The third kappa shape index (κ3) is 30.7. The normalized spacial score (nSPS) is 11.7. The molecular weight excluding hydrogens is 446 g/mol. The van der Waals surface area contributed by atoms with E-state index in [4.69, 9.17) is 0 Å². The third-order valence-corrected chi connectivity index (χ3v) is 6.28. The molecule has 0 spiro atoms. The van der Waals surface area contributed by atoms with Crippen LogP contribution >= 0.6 is 0 Å². The van der Waals surface area contributed by atoms with Gasteiger partial charge in [-0.05, 0) is 19.3 Å². The minimum Gasteiger partial charge on any atom is -0.550 e. The Morgan fingerprint density at radius 3 is 1.21 bits per heavy atom. The predicted molar refractivity (Wildman–Crippen MR) is 130 cm³/mol. The maximum absolute atomic E-state index is 10.8. The Morgan fingerprint density at radius 2 is 0.912 bits per heavy atom. The van der Waals surface area contributed by atoms with Gasteiger partial charge in [-0.15, -0.1) is 0 Å². The summed E-state index contributed by atoms with van der Waals surface area (Å²) < 4.78 is 0. The van der Waals surface area contributed by atoms with E-state index in [2.05, 4.69) is 6.92 Å². The molecule has 0 aromatic carbocycles. The molecule has 0 amide bonds. The second-order valence-electron chi connectivity index (χ2n) is 9.44. The summed E-state index contributed by atoms with van der Waals surface area (Å²) in [6, 6.07) is 0. The summed E-state index contributed by atoms with van der Waals surface area (Å²) in [7, 11) is 0. The van der Waals surface area contributed by atoms with Crippen LogP contribution in [0.5, 0.6) is 0 Å². The first-order valence-electron chi connectivity index (χ1n) is 13.6. The Bertz CT molecular complexity index is 469. The van der Waals surface area contributed by atoms with E-state index in [-0.39, 0.29) is 59.1 Å². The molecular formula is C28H50Na2O4. The van der Waals surface area contributed by atoms with Crippen LogP contribution in [0.3, 0.4) is 0 Å². The van der Waals surface area contributed by atoms with Crippen LogP contribution in [0.25, 0.3) is 0 Å². The van der Waals surface area contributed by atoms with Gasteiger partial charge in [-0.1, -0.05) is 141 Å². The van der Waals surface area contributed by atoms with E-state index in [0.717, 1.165) is 19.3 Å². The minimum atomic E-state index is -1.36. The molecule has 0 N–H and O–H groups in total. The zero-order valence-corrected chi connectivity index (χ0v) is 26.9. The van der Waals surface area contributed by atoms with Crippen LogP contribution in [0.2, 0.25) is 0 Å². The van der Waals surface area contributed by atoms with Crippen molar-refractivity contribution in [2.75, 3.05) is 0 Å². The Morgan fingerprint density at radius 1 is 0.588 bits per heavy atom. The summed E-state index contributed by atoms with van der Waals surface area (Å²) in [6.45, 7) is 2.28. The SMILES string of the molecule is CCCCCCCCCCCCCCCCCCCCCC/C=C/C(CC(=O)[O-])C(=O)[O-].[Na+].[Na+]. The molecule has 0 aliphatic rings. The standard InChI is InChI=1S/C28H52O4.2Na/c1-2-3-4-5-6-7-8-9-10-11-12-13-14-15-16-17-18-19-20-21-22-23-24-26(28(31)32)25-27(29)30;;/h23-24,26H,2-22,25H2,1H3,(H,29,30)(H,31,32);;/q;2*+1/p-2/b24-23+;;. The zero-order valence-electron chi connectivity index (χ0n) is 22.9. The maximum Gasteiger partial charge on any atom is 1.00 e. The molecule has 0 aliphatic carbocycles. The van der Waals surface area contributed by atoms with Gasteiger partial charge in [-0.3, -0.25) is 0 Å². The summed E-state index contributed by atoms with van der Waals surface area (Å²) in [4.78, 5) is 21.3. The number of hydrogen-bond donors (Lipinski definition) is 0. The number of carboxylic acid groups (broad SMARTS) is 2. The molecule has 0 aromatic rings. The van der Waals surface area contributed by atoms with Crippen LogP contribution in [-0.2, 0) is 9.59 Å². The molecule has 1 unspecified atom stereocenters. The fraction of sp³-hybridized carbons (Fsp3) is 0.857. The average Bonchev–Trinajstić information content (AvgIpc) is 2.76. The monoisotopic (exact) mass is 496 g/mol. The number of unbranched alkanes of at least 4 members (excludes halogenated alkanes) is 20. The van der Waals surface area contributed by atoms with Crippen molar-refractivity contribution in [2.45, 2.75) is 148 Å². The largest absolute Gasteiger partial charge is 1.00 e. The average molecular weight is 497 g/mol. The summed E-state index contributed by atoms with van der Waals surface area (Å²) >= 11 is 0. The molecule has 0 saturated heterocycles. The van der Waals surface area contributed by atoms with Crippen molar-refractivity contribution < 1.29 is 78.9 Å². The zero-order chi connectivity index (χ0) is 23.7. The van der Waals surface area contributed by atoms with Gasteiger partial charge in [0, 0.05) is 17.9 Å². The van der Waals surface area contributed by atoms with E-state index >= 15 is 0 Å². The molecule has 0 rings (SSSR count). The molecule has 1 atom stereocenters.